The minimum Gasteiger partial charge on any atom is -0.454 e. The monoisotopic (exact) mass is 311 g/mol. The molecule has 0 saturated carbocycles. The number of aryl methyl sites for hydroxylation is 3. The van der Waals surface area contributed by atoms with Crippen molar-refractivity contribution >= 4 is 11.0 Å². The minimum atomic E-state index is -0.218. The lowest BCUT2D eigenvalue weighted by molar-refractivity contribution is 0.592. The second kappa shape index (κ2) is 5.35. The fourth-order valence-corrected chi connectivity index (χ4v) is 2.97. The molecular formula is C18H21N3O2. The van der Waals surface area contributed by atoms with E-state index in [4.69, 9.17) is 10.2 Å². The number of fused-ring (bicyclic) bond motifs is 1. The molecule has 0 spiro atoms. The van der Waals surface area contributed by atoms with Gasteiger partial charge in [-0.15, -0.1) is 0 Å². The second-order valence-corrected chi connectivity index (χ2v) is 6.20. The van der Waals surface area contributed by atoms with Gasteiger partial charge in [-0.3, -0.25) is 9.48 Å². The highest BCUT2D eigenvalue weighted by Gasteiger charge is 2.19. The van der Waals surface area contributed by atoms with Crippen LogP contribution in [-0.4, -0.2) is 9.78 Å². The largest absolute Gasteiger partial charge is 0.454 e. The van der Waals surface area contributed by atoms with Gasteiger partial charge in [0, 0.05) is 24.2 Å². The van der Waals surface area contributed by atoms with Crippen molar-refractivity contribution in [1.82, 2.24) is 9.78 Å². The Balaban J connectivity index is 2.44. The minimum absolute atomic E-state index is 0.0225. The molecular weight excluding hydrogens is 290 g/mol. The summed E-state index contributed by atoms with van der Waals surface area (Å²) in [5.74, 6) is 0.552. The number of nitrogens with two attached hydrogens (primary N) is 1. The van der Waals surface area contributed by atoms with E-state index in [0.29, 0.717) is 22.3 Å². The lowest BCUT2D eigenvalue weighted by Crippen LogP contribution is -2.12. The summed E-state index contributed by atoms with van der Waals surface area (Å²) in [7, 11) is 1.84. The molecule has 0 bridgehead atoms. The van der Waals surface area contributed by atoms with Crippen molar-refractivity contribution in [3.63, 3.8) is 0 Å². The maximum absolute atomic E-state index is 12.8. The fraction of sp³-hybridized carbons (Fsp3) is 0.333. The molecule has 23 heavy (non-hydrogen) atoms. The van der Waals surface area contributed by atoms with Crippen LogP contribution in [0, 0.1) is 20.8 Å². The van der Waals surface area contributed by atoms with Gasteiger partial charge in [-0.1, -0.05) is 6.07 Å². The Labute approximate surface area is 134 Å². The van der Waals surface area contributed by atoms with Gasteiger partial charge in [0.1, 0.15) is 11.3 Å². The number of hydrogen-bond acceptors (Lipinski definition) is 4. The van der Waals surface area contributed by atoms with Gasteiger partial charge in [0.15, 0.2) is 11.2 Å². The number of rotatable bonds is 2. The summed E-state index contributed by atoms with van der Waals surface area (Å²) in [5, 5.41) is 4.92. The van der Waals surface area contributed by atoms with Crippen LogP contribution in [0.25, 0.3) is 22.4 Å². The normalized spacial score (nSPS) is 12.8. The van der Waals surface area contributed by atoms with Crippen LogP contribution in [0.1, 0.15) is 35.3 Å². The summed E-state index contributed by atoms with van der Waals surface area (Å²) >= 11 is 0. The van der Waals surface area contributed by atoms with Crippen molar-refractivity contribution in [2.24, 2.45) is 12.8 Å². The molecule has 0 radical (unpaired) electrons. The van der Waals surface area contributed by atoms with E-state index in [2.05, 4.69) is 5.10 Å². The molecule has 1 aromatic carbocycles. The van der Waals surface area contributed by atoms with Crippen LogP contribution in [0.4, 0.5) is 0 Å². The standard InChI is InChI=1S/C18H21N3O2/c1-9-6-13(12(4)19)18-14(7-9)16(22)11(3)17(23-18)15-8-10(2)20-21(15)5/h6-8,12H,19H2,1-5H3/t12-/m1/s1. The van der Waals surface area contributed by atoms with Crippen molar-refractivity contribution in [3.8, 4) is 11.5 Å². The van der Waals surface area contributed by atoms with Crippen LogP contribution in [0.2, 0.25) is 0 Å². The Kier molecular flexibility index (Phi) is 3.60. The van der Waals surface area contributed by atoms with Gasteiger partial charge in [-0.2, -0.15) is 5.10 Å². The first-order valence-electron chi connectivity index (χ1n) is 7.64. The summed E-state index contributed by atoms with van der Waals surface area (Å²) in [6.07, 6.45) is 0. The van der Waals surface area contributed by atoms with Crippen LogP contribution in [-0.2, 0) is 7.05 Å². The van der Waals surface area contributed by atoms with Crippen molar-refractivity contribution in [1.29, 1.82) is 0 Å². The Bertz CT molecular complexity index is 965. The van der Waals surface area contributed by atoms with E-state index in [1.807, 2.05) is 46.0 Å². The molecule has 0 aliphatic rings. The molecule has 0 amide bonds. The zero-order valence-corrected chi connectivity index (χ0v) is 14.1. The lowest BCUT2D eigenvalue weighted by atomic mass is 10.0. The third-order valence-corrected chi connectivity index (χ3v) is 4.12. The van der Waals surface area contributed by atoms with Gasteiger partial charge >= 0.3 is 0 Å². The smallest absolute Gasteiger partial charge is 0.196 e. The molecule has 0 unspecified atom stereocenters. The fourth-order valence-electron chi connectivity index (χ4n) is 2.97. The van der Waals surface area contributed by atoms with E-state index in [1.165, 1.54) is 0 Å². The van der Waals surface area contributed by atoms with Crippen LogP contribution in [0.15, 0.2) is 27.4 Å². The molecule has 2 aromatic heterocycles. The quantitative estimate of drug-likeness (QED) is 0.789. The van der Waals surface area contributed by atoms with Gasteiger partial charge in [-0.05, 0) is 45.4 Å². The Hall–Kier alpha value is -2.40. The van der Waals surface area contributed by atoms with Gasteiger partial charge < -0.3 is 10.2 Å². The van der Waals surface area contributed by atoms with E-state index in [-0.39, 0.29) is 11.5 Å². The molecule has 0 fully saturated rings. The summed E-state index contributed by atoms with van der Waals surface area (Å²) in [5.41, 5.74) is 10.7. The number of aromatic nitrogens is 2. The SMILES string of the molecule is Cc1cc([C@@H](C)N)c2oc(-c3cc(C)nn3C)c(C)c(=O)c2c1. The van der Waals surface area contributed by atoms with Crippen LogP contribution < -0.4 is 11.2 Å². The molecule has 5 nitrogen and oxygen atoms in total. The molecule has 5 heteroatoms. The molecule has 2 heterocycles. The maximum atomic E-state index is 12.8. The Morgan fingerprint density at radius 2 is 1.91 bits per heavy atom. The van der Waals surface area contributed by atoms with Crippen molar-refractivity contribution in [2.75, 3.05) is 0 Å². The van der Waals surface area contributed by atoms with Crippen molar-refractivity contribution in [3.05, 3.63) is 50.8 Å². The van der Waals surface area contributed by atoms with Crippen LogP contribution in [0.5, 0.6) is 0 Å². The molecule has 3 aromatic rings. The third kappa shape index (κ3) is 2.47. The maximum Gasteiger partial charge on any atom is 0.196 e. The molecule has 0 saturated heterocycles. The van der Waals surface area contributed by atoms with E-state index >= 15 is 0 Å². The summed E-state index contributed by atoms with van der Waals surface area (Å²) < 4.78 is 7.89. The Morgan fingerprint density at radius 1 is 1.22 bits per heavy atom. The zero-order chi connectivity index (χ0) is 16.9. The zero-order valence-electron chi connectivity index (χ0n) is 14.1. The molecule has 3 rings (SSSR count). The average Bonchev–Trinajstić information content (AvgIpc) is 2.81. The molecule has 0 aliphatic carbocycles. The predicted octanol–water partition coefficient (Wildman–Crippen LogP) is 3.14. The summed E-state index contributed by atoms with van der Waals surface area (Å²) in [6, 6.07) is 5.53. The lowest BCUT2D eigenvalue weighted by Gasteiger charge is -2.13. The predicted molar refractivity (Wildman–Crippen MR) is 91.5 cm³/mol. The Morgan fingerprint density at radius 3 is 2.48 bits per heavy atom. The van der Waals surface area contributed by atoms with E-state index < -0.39 is 0 Å². The molecule has 2 N–H and O–H groups in total. The first kappa shape index (κ1) is 15.5. The highest BCUT2D eigenvalue weighted by molar-refractivity contribution is 5.84. The number of benzene rings is 1. The van der Waals surface area contributed by atoms with Gasteiger partial charge in [-0.25, -0.2) is 0 Å². The van der Waals surface area contributed by atoms with Gasteiger partial charge in [0.2, 0.25) is 0 Å². The summed E-state index contributed by atoms with van der Waals surface area (Å²) in [6.45, 7) is 7.55. The molecule has 1 atom stereocenters. The highest BCUT2D eigenvalue weighted by Crippen LogP contribution is 2.30. The topological polar surface area (TPSA) is 74.0 Å². The van der Waals surface area contributed by atoms with E-state index in [9.17, 15) is 4.79 Å². The second-order valence-electron chi connectivity index (χ2n) is 6.20. The van der Waals surface area contributed by atoms with Crippen LogP contribution >= 0.6 is 0 Å². The van der Waals surface area contributed by atoms with Crippen molar-refractivity contribution in [2.45, 2.75) is 33.7 Å². The number of nitrogens with zero attached hydrogens (tertiary/aromatic N) is 2. The van der Waals surface area contributed by atoms with Crippen LogP contribution in [0.3, 0.4) is 0 Å². The molecule has 120 valence electrons. The van der Waals surface area contributed by atoms with Gasteiger partial charge in [0.25, 0.3) is 0 Å². The van der Waals surface area contributed by atoms with E-state index in [0.717, 1.165) is 22.5 Å². The first-order valence-corrected chi connectivity index (χ1v) is 7.64. The van der Waals surface area contributed by atoms with Gasteiger partial charge in [0.05, 0.1) is 11.1 Å². The molecule has 0 aliphatic heterocycles. The summed E-state index contributed by atoms with van der Waals surface area (Å²) in [4.78, 5) is 12.8. The number of hydrogen-bond donors (Lipinski definition) is 1. The first-order chi connectivity index (χ1) is 10.8. The van der Waals surface area contributed by atoms with Crippen molar-refractivity contribution < 1.29 is 4.42 Å². The highest BCUT2D eigenvalue weighted by atomic mass is 16.3. The third-order valence-electron chi connectivity index (χ3n) is 4.12. The van der Waals surface area contributed by atoms with E-state index in [1.54, 1.807) is 11.6 Å². The average molecular weight is 311 g/mol.